The Balaban J connectivity index is 2.26. The molecule has 1 N–H and O–H groups in total. The van der Waals surface area contributed by atoms with E-state index >= 15 is 0 Å². The summed E-state index contributed by atoms with van der Waals surface area (Å²) in [5, 5.41) is 11.7. The Kier molecular flexibility index (Phi) is 3.35. The minimum absolute atomic E-state index is 0.0499. The lowest BCUT2D eigenvalue weighted by Gasteiger charge is -2.25. The molecule has 0 unspecified atom stereocenters. The van der Waals surface area contributed by atoms with Crippen molar-refractivity contribution in [2.45, 2.75) is 26.2 Å². The van der Waals surface area contributed by atoms with Crippen molar-refractivity contribution < 1.29 is 4.42 Å². The third-order valence-electron chi connectivity index (χ3n) is 3.05. The minimum Gasteiger partial charge on any atom is -0.441 e. The molecular formula is C14H17N3O. The number of nitrogens with one attached hydrogen (secondary N) is 1. The fourth-order valence-electron chi connectivity index (χ4n) is 1.99. The average molecular weight is 243 g/mol. The molecule has 1 heterocycles. The SMILES string of the molecule is Cc1nc2ccc(C(C)(C)CNCC#N)cc2o1. The molecule has 0 aliphatic carbocycles. The van der Waals surface area contributed by atoms with E-state index < -0.39 is 0 Å². The van der Waals surface area contributed by atoms with E-state index in [0.717, 1.165) is 17.6 Å². The summed E-state index contributed by atoms with van der Waals surface area (Å²) in [6.45, 7) is 7.25. The van der Waals surface area contributed by atoms with Gasteiger partial charge in [-0.3, -0.25) is 0 Å². The van der Waals surface area contributed by atoms with E-state index in [1.54, 1.807) is 0 Å². The molecule has 18 heavy (non-hydrogen) atoms. The van der Waals surface area contributed by atoms with Crippen LogP contribution in [0, 0.1) is 18.3 Å². The average Bonchev–Trinajstić information content (AvgIpc) is 2.68. The molecular weight excluding hydrogens is 226 g/mol. The second-order valence-electron chi connectivity index (χ2n) is 5.06. The number of fused-ring (bicyclic) bond motifs is 1. The summed E-state index contributed by atoms with van der Waals surface area (Å²) in [5.41, 5.74) is 2.83. The molecule has 0 amide bonds. The molecule has 0 saturated carbocycles. The van der Waals surface area contributed by atoms with Gasteiger partial charge in [0.15, 0.2) is 11.5 Å². The maximum Gasteiger partial charge on any atom is 0.192 e. The highest BCUT2D eigenvalue weighted by Crippen LogP contribution is 2.26. The van der Waals surface area contributed by atoms with Gasteiger partial charge in [-0.15, -0.1) is 0 Å². The maximum absolute atomic E-state index is 8.54. The van der Waals surface area contributed by atoms with Crippen LogP contribution in [-0.4, -0.2) is 18.1 Å². The van der Waals surface area contributed by atoms with Crippen LogP contribution < -0.4 is 5.32 Å². The van der Waals surface area contributed by atoms with Crippen LogP contribution in [0.1, 0.15) is 25.3 Å². The topological polar surface area (TPSA) is 61.9 Å². The van der Waals surface area contributed by atoms with Crippen LogP contribution in [0.15, 0.2) is 22.6 Å². The first-order valence-electron chi connectivity index (χ1n) is 5.98. The van der Waals surface area contributed by atoms with E-state index in [2.05, 4.69) is 36.3 Å². The van der Waals surface area contributed by atoms with Crippen LogP contribution in [0.4, 0.5) is 0 Å². The Morgan fingerprint density at radius 3 is 2.94 bits per heavy atom. The highest BCUT2D eigenvalue weighted by molar-refractivity contribution is 5.73. The summed E-state index contributed by atoms with van der Waals surface area (Å²) in [5.74, 6) is 0.683. The van der Waals surface area contributed by atoms with Gasteiger partial charge in [0.2, 0.25) is 0 Å². The number of nitriles is 1. The number of rotatable bonds is 4. The van der Waals surface area contributed by atoms with Gasteiger partial charge >= 0.3 is 0 Å². The zero-order chi connectivity index (χ0) is 13.2. The molecule has 0 fully saturated rings. The smallest absolute Gasteiger partial charge is 0.192 e. The van der Waals surface area contributed by atoms with E-state index in [-0.39, 0.29) is 5.41 Å². The van der Waals surface area contributed by atoms with Crippen LogP contribution in [-0.2, 0) is 5.41 Å². The molecule has 0 spiro atoms. The third-order valence-corrected chi connectivity index (χ3v) is 3.05. The van der Waals surface area contributed by atoms with Crippen molar-refractivity contribution in [1.82, 2.24) is 10.3 Å². The molecule has 4 nitrogen and oxygen atoms in total. The highest BCUT2D eigenvalue weighted by atomic mass is 16.3. The molecule has 0 radical (unpaired) electrons. The lowest BCUT2D eigenvalue weighted by atomic mass is 9.84. The second kappa shape index (κ2) is 4.79. The normalized spacial score (nSPS) is 11.7. The van der Waals surface area contributed by atoms with Gasteiger partial charge in [0, 0.05) is 18.9 Å². The molecule has 0 aliphatic heterocycles. The van der Waals surface area contributed by atoms with Crippen LogP contribution in [0.2, 0.25) is 0 Å². The molecule has 2 rings (SSSR count). The summed E-state index contributed by atoms with van der Waals surface area (Å²) < 4.78 is 5.55. The van der Waals surface area contributed by atoms with Gasteiger partial charge in [-0.1, -0.05) is 19.9 Å². The predicted octanol–water partition coefficient (Wildman–Crippen LogP) is 2.53. The molecule has 4 heteroatoms. The molecule has 0 atom stereocenters. The van der Waals surface area contributed by atoms with Crippen LogP contribution >= 0.6 is 0 Å². The highest BCUT2D eigenvalue weighted by Gasteiger charge is 2.21. The van der Waals surface area contributed by atoms with Gasteiger partial charge in [-0.25, -0.2) is 4.98 Å². The van der Waals surface area contributed by atoms with E-state index in [0.29, 0.717) is 12.4 Å². The standard InChI is InChI=1S/C14H17N3O/c1-10-17-12-5-4-11(8-13(12)18-10)14(2,3)9-16-7-6-15/h4-5,8,16H,7,9H2,1-3H3. The first kappa shape index (κ1) is 12.6. The fourth-order valence-corrected chi connectivity index (χ4v) is 1.99. The quantitative estimate of drug-likeness (QED) is 0.662. The Bertz CT molecular complexity index is 593. The predicted molar refractivity (Wildman–Crippen MR) is 70.3 cm³/mol. The number of hydrogen-bond donors (Lipinski definition) is 1. The first-order chi connectivity index (χ1) is 8.53. The molecule has 94 valence electrons. The molecule has 0 saturated heterocycles. The number of nitrogens with zero attached hydrogens (tertiary/aromatic N) is 2. The van der Waals surface area contributed by atoms with Gasteiger partial charge in [0.25, 0.3) is 0 Å². The second-order valence-corrected chi connectivity index (χ2v) is 5.06. The molecule has 2 aromatic rings. The molecule has 1 aromatic heterocycles. The van der Waals surface area contributed by atoms with Crippen molar-refractivity contribution in [3.05, 3.63) is 29.7 Å². The zero-order valence-electron chi connectivity index (χ0n) is 10.9. The van der Waals surface area contributed by atoms with E-state index in [4.69, 9.17) is 9.68 Å². The fraction of sp³-hybridized carbons (Fsp3) is 0.429. The molecule has 0 bridgehead atoms. The number of hydrogen-bond acceptors (Lipinski definition) is 4. The lowest BCUT2D eigenvalue weighted by Crippen LogP contribution is -2.33. The van der Waals surface area contributed by atoms with Crippen molar-refractivity contribution in [2.24, 2.45) is 0 Å². The number of oxazole rings is 1. The Hall–Kier alpha value is -1.86. The van der Waals surface area contributed by atoms with Crippen molar-refractivity contribution in [1.29, 1.82) is 5.26 Å². The maximum atomic E-state index is 8.54. The lowest BCUT2D eigenvalue weighted by molar-refractivity contribution is 0.483. The summed E-state index contributed by atoms with van der Waals surface area (Å²) in [6, 6.07) is 8.16. The Labute approximate surface area is 107 Å². The van der Waals surface area contributed by atoms with Gasteiger partial charge in [0.05, 0.1) is 12.6 Å². The monoisotopic (exact) mass is 243 g/mol. The van der Waals surface area contributed by atoms with E-state index in [9.17, 15) is 0 Å². The molecule has 0 aliphatic rings. The number of benzene rings is 1. The van der Waals surface area contributed by atoms with E-state index in [1.165, 1.54) is 5.56 Å². The summed E-state index contributed by atoms with van der Waals surface area (Å²) in [7, 11) is 0. The van der Waals surface area contributed by atoms with E-state index in [1.807, 2.05) is 19.1 Å². The number of aryl methyl sites for hydroxylation is 1. The molecule has 1 aromatic carbocycles. The van der Waals surface area contributed by atoms with Crippen molar-refractivity contribution in [2.75, 3.05) is 13.1 Å². The first-order valence-corrected chi connectivity index (χ1v) is 5.98. The largest absolute Gasteiger partial charge is 0.441 e. The Morgan fingerprint density at radius 2 is 2.22 bits per heavy atom. The van der Waals surface area contributed by atoms with Gasteiger partial charge in [-0.2, -0.15) is 5.26 Å². The summed E-state index contributed by atoms with van der Waals surface area (Å²) in [6.07, 6.45) is 0. The van der Waals surface area contributed by atoms with Gasteiger partial charge < -0.3 is 9.73 Å². The van der Waals surface area contributed by atoms with Gasteiger partial charge in [-0.05, 0) is 17.7 Å². The Morgan fingerprint density at radius 1 is 1.44 bits per heavy atom. The third kappa shape index (κ3) is 2.52. The van der Waals surface area contributed by atoms with Crippen molar-refractivity contribution in [3.8, 4) is 6.07 Å². The number of aromatic nitrogens is 1. The summed E-state index contributed by atoms with van der Waals surface area (Å²) >= 11 is 0. The van der Waals surface area contributed by atoms with Crippen LogP contribution in [0.3, 0.4) is 0 Å². The van der Waals surface area contributed by atoms with Crippen LogP contribution in [0.5, 0.6) is 0 Å². The van der Waals surface area contributed by atoms with Crippen molar-refractivity contribution in [3.63, 3.8) is 0 Å². The summed E-state index contributed by atoms with van der Waals surface area (Å²) in [4.78, 5) is 4.29. The van der Waals surface area contributed by atoms with Gasteiger partial charge in [0.1, 0.15) is 5.52 Å². The van der Waals surface area contributed by atoms with Crippen molar-refractivity contribution >= 4 is 11.1 Å². The minimum atomic E-state index is -0.0499. The zero-order valence-corrected chi connectivity index (χ0v) is 10.9. The van der Waals surface area contributed by atoms with Crippen LogP contribution in [0.25, 0.3) is 11.1 Å².